The number of aryl methyl sites for hydroxylation is 1. The van der Waals surface area contributed by atoms with Gasteiger partial charge >= 0.3 is 6.18 Å². The third kappa shape index (κ3) is 2.14. The van der Waals surface area contributed by atoms with Crippen molar-refractivity contribution in [1.82, 2.24) is 4.98 Å². The van der Waals surface area contributed by atoms with Crippen LogP contribution in [0.25, 0.3) is 10.9 Å². The van der Waals surface area contributed by atoms with E-state index in [0.29, 0.717) is 0 Å². The fourth-order valence-electron chi connectivity index (χ4n) is 1.98. The molecule has 0 spiro atoms. The van der Waals surface area contributed by atoms with Crippen LogP contribution >= 0.6 is 0 Å². The molecule has 0 radical (unpaired) electrons. The molecule has 1 N–H and O–H groups in total. The summed E-state index contributed by atoms with van der Waals surface area (Å²) >= 11 is 0. The fraction of sp³-hybridized carbons (Fsp3) is 0.231. The quantitative estimate of drug-likeness (QED) is 0.806. The second kappa shape index (κ2) is 4.22. The maximum atomic E-state index is 12.9. The summed E-state index contributed by atoms with van der Waals surface area (Å²) in [6.45, 7) is 2.54. The predicted molar refractivity (Wildman–Crippen MR) is 63.2 cm³/mol. The van der Waals surface area contributed by atoms with Crippen LogP contribution in [0.3, 0.4) is 0 Å². The Hall–Kier alpha value is -2.11. The first kappa shape index (κ1) is 13.3. The van der Waals surface area contributed by atoms with Crippen LogP contribution < -0.4 is 0 Å². The van der Waals surface area contributed by atoms with Gasteiger partial charge in [0.2, 0.25) is 0 Å². The summed E-state index contributed by atoms with van der Waals surface area (Å²) in [5, 5.41) is 9.80. The molecule has 0 amide bonds. The maximum absolute atomic E-state index is 12.9. The van der Waals surface area contributed by atoms with Gasteiger partial charge in [-0.05, 0) is 19.9 Å². The summed E-state index contributed by atoms with van der Waals surface area (Å²) < 4.78 is 38.7. The van der Waals surface area contributed by atoms with Crippen LogP contribution in [0.4, 0.5) is 13.2 Å². The number of hydrogen-bond acceptors (Lipinski definition) is 3. The molecule has 1 heterocycles. The summed E-state index contributed by atoms with van der Waals surface area (Å²) in [4.78, 5) is 15.3. The number of hydrogen-bond donors (Lipinski definition) is 1. The van der Waals surface area contributed by atoms with Crippen LogP contribution in [0.5, 0.6) is 5.75 Å². The Kier molecular flexibility index (Phi) is 2.96. The van der Waals surface area contributed by atoms with Gasteiger partial charge in [0.15, 0.2) is 5.78 Å². The first-order valence-electron chi connectivity index (χ1n) is 5.44. The number of aromatic nitrogens is 1. The van der Waals surface area contributed by atoms with E-state index in [9.17, 15) is 23.1 Å². The Morgan fingerprint density at radius 2 is 1.95 bits per heavy atom. The third-order valence-electron chi connectivity index (χ3n) is 2.82. The number of pyridine rings is 1. The Labute approximate surface area is 106 Å². The molecule has 0 aliphatic heterocycles. The van der Waals surface area contributed by atoms with Crippen molar-refractivity contribution < 1.29 is 23.1 Å². The topological polar surface area (TPSA) is 50.2 Å². The van der Waals surface area contributed by atoms with E-state index in [1.54, 1.807) is 0 Å². The van der Waals surface area contributed by atoms with Crippen LogP contribution in [0.2, 0.25) is 0 Å². The van der Waals surface area contributed by atoms with E-state index in [0.717, 1.165) is 6.07 Å². The molecule has 0 aliphatic carbocycles. The normalized spacial score (nSPS) is 11.8. The molecular weight excluding hydrogens is 259 g/mol. The zero-order valence-corrected chi connectivity index (χ0v) is 10.2. The van der Waals surface area contributed by atoms with Gasteiger partial charge in [-0.25, -0.2) is 4.98 Å². The highest BCUT2D eigenvalue weighted by Crippen LogP contribution is 2.37. The number of benzene rings is 1. The molecule has 0 atom stereocenters. The van der Waals surface area contributed by atoms with E-state index in [4.69, 9.17) is 0 Å². The van der Waals surface area contributed by atoms with Gasteiger partial charge in [0.05, 0.1) is 22.3 Å². The number of halogens is 3. The monoisotopic (exact) mass is 269 g/mol. The van der Waals surface area contributed by atoms with Crippen LogP contribution in [-0.2, 0) is 6.18 Å². The average Bonchev–Trinajstić information content (AvgIpc) is 2.28. The first-order chi connectivity index (χ1) is 8.73. The van der Waals surface area contributed by atoms with Crippen molar-refractivity contribution in [3.05, 3.63) is 35.0 Å². The number of nitrogens with zero attached hydrogens (tertiary/aromatic N) is 1. The standard InChI is InChI=1S/C13H10F3NO2/c1-6-12(19)10(7(2)18)8-4-3-5-9(11(8)17-6)13(14,15)16/h3-5,19H,1-2H3. The number of para-hydroxylation sites is 1. The summed E-state index contributed by atoms with van der Waals surface area (Å²) in [7, 11) is 0. The highest BCUT2D eigenvalue weighted by molar-refractivity contribution is 6.09. The minimum absolute atomic E-state index is 0.00502. The minimum atomic E-state index is -4.57. The van der Waals surface area contributed by atoms with Crippen molar-refractivity contribution >= 4 is 16.7 Å². The second-order valence-electron chi connectivity index (χ2n) is 4.18. The van der Waals surface area contributed by atoms with Crippen LogP contribution in [0, 0.1) is 6.92 Å². The molecule has 3 nitrogen and oxygen atoms in total. The van der Waals surface area contributed by atoms with E-state index >= 15 is 0 Å². The van der Waals surface area contributed by atoms with Crippen molar-refractivity contribution in [2.45, 2.75) is 20.0 Å². The summed E-state index contributed by atoms with van der Waals surface area (Å²) in [5.41, 5.74) is -1.38. The van der Waals surface area contributed by atoms with Gasteiger partial charge in [0.1, 0.15) is 5.75 Å². The van der Waals surface area contributed by atoms with E-state index in [-0.39, 0.29) is 27.9 Å². The van der Waals surface area contributed by atoms with Crippen LogP contribution in [-0.4, -0.2) is 15.9 Å². The van der Waals surface area contributed by atoms with Crippen molar-refractivity contribution in [2.24, 2.45) is 0 Å². The zero-order chi connectivity index (χ0) is 14.4. The minimum Gasteiger partial charge on any atom is -0.505 e. The van der Waals surface area contributed by atoms with E-state index in [2.05, 4.69) is 4.98 Å². The lowest BCUT2D eigenvalue weighted by molar-refractivity contribution is -0.136. The summed E-state index contributed by atoms with van der Waals surface area (Å²) in [5.74, 6) is -0.883. The molecule has 0 saturated heterocycles. The Morgan fingerprint density at radius 1 is 1.32 bits per heavy atom. The maximum Gasteiger partial charge on any atom is 0.418 e. The highest BCUT2D eigenvalue weighted by atomic mass is 19.4. The van der Waals surface area contributed by atoms with Crippen molar-refractivity contribution in [3.8, 4) is 5.75 Å². The van der Waals surface area contributed by atoms with Gasteiger partial charge < -0.3 is 5.11 Å². The van der Waals surface area contributed by atoms with Crippen LogP contribution in [0.15, 0.2) is 18.2 Å². The molecule has 6 heteroatoms. The molecule has 0 unspecified atom stereocenters. The van der Waals surface area contributed by atoms with Crippen molar-refractivity contribution in [2.75, 3.05) is 0 Å². The third-order valence-corrected chi connectivity index (χ3v) is 2.82. The Bertz CT molecular complexity index is 678. The molecule has 0 aliphatic rings. The van der Waals surface area contributed by atoms with Crippen molar-refractivity contribution in [3.63, 3.8) is 0 Å². The Morgan fingerprint density at radius 3 is 2.47 bits per heavy atom. The molecule has 2 aromatic rings. The SMILES string of the molecule is CC(=O)c1c(O)c(C)nc2c(C(F)(F)F)cccc12. The first-order valence-corrected chi connectivity index (χ1v) is 5.44. The number of rotatable bonds is 1. The lowest BCUT2D eigenvalue weighted by Gasteiger charge is -2.13. The molecule has 1 aromatic heterocycles. The number of aromatic hydroxyl groups is 1. The van der Waals surface area contributed by atoms with Gasteiger partial charge in [-0.3, -0.25) is 4.79 Å². The summed E-state index contributed by atoms with van der Waals surface area (Å²) in [6.07, 6.45) is -4.57. The molecular formula is C13H10F3NO2. The van der Waals surface area contributed by atoms with E-state index in [1.807, 2.05) is 0 Å². The van der Waals surface area contributed by atoms with Gasteiger partial charge in [-0.1, -0.05) is 12.1 Å². The van der Waals surface area contributed by atoms with Gasteiger partial charge in [0, 0.05) is 5.39 Å². The molecule has 0 fully saturated rings. The molecule has 100 valence electrons. The van der Waals surface area contributed by atoms with Gasteiger partial charge in [0.25, 0.3) is 0 Å². The van der Waals surface area contributed by atoms with Gasteiger partial charge in [-0.2, -0.15) is 13.2 Å². The smallest absolute Gasteiger partial charge is 0.418 e. The predicted octanol–water partition coefficient (Wildman–Crippen LogP) is 3.47. The molecule has 0 saturated carbocycles. The number of carbonyl (C=O) groups excluding carboxylic acids is 1. The highest BCUT2D eigenvalue weighted by Gasteiger charge is 2.34. The number of Topliss-reactive ketones (excluding diaryl/α,β-unsaturated/α-hetero) is 1. The van der Waals surface area contributed by atoms with E-state index < -0.39 is 17.5 Å². The average molecular weight is 269 g/mol. The second-order valence-corrected chi connectivity index (χ2v) is 4.18. The van der Waals surface area contributed by atoms with Gasteiger partial charge in [-0.15, -0.1) is 0 Å². The molecule has 1 aromatic carbocycles. The number of ketones is 1. The summed E-state index contributed by atoms with van der Waals surface area (Å²) in [6, 6.07) is 3.43. The Balaban J connectivity index is 2.98. The fourth-order valence-corrected chi connectivity index (χ4v) is 1.98. The number of carbonyl (C=O) groups is 1. The van der Waals surface area contributed by atoms with E-state index in [1.165, 1.54) is 26.0 Å². The molecule has 19 heavy (non-hydrogen) atoms. The molecule has 0 bridgehead atoms. The zero-order valence-electron chi connectivity index (χ0n) is 10.2. The lowest BCUT2D eigenvalue weighted by Crippen LogP contribution is -2.08. The van der Waals surface area contributed by atoms with Crippen LogP contribution in [0.1, 0.15) is 28.5 Å². The lowest BCUT2D eigenvalue weighted by atomic mass is 10.0. The van der Waals surface area contributed by atoms with Crippen molar-refractivity contribution in [1.29, 1.82) is 0 Å². The molecule has 2 rings (SSSR count). The number of alkyl halides is 3. The largest absolute Gasteiger partial charge is 0.505 e. The number of fused-ring (bicyclic) bond motifs is 1.